The SMILES string of the molecule is CN1CCN(C(=O)[C@@H](COCc2ccccc2)NC(=O)c2cc(Br)cnc2Oc2ccc(Cl)cc2)CC1.NC(=O)c1cccnc1. The average Bonchev–Trinajstić information content (AvgIpc) is 3.07. The van der Waals surface area contributed by atoms with E-state index >= 15 is 0 Å². The second-order valence-corrected chi connectivity index (χ2v) is 11.7. The summed E-state index contributed by atoms with van der Waals surface area (Å²) in [6.07, 6.45) is 4.56. The second kappa shape index (κ2) is 17.4. The lowest BCUT2D eigenvalue weighted by Crippen LogP contribution is -2.55. The van der Waals surface area contributed by atoms with Crippen molar-refractivity contribution in [1.29, 1.82) is 0 Å². The van der Waals surface area contributed by atoms with Crippen LogP contribution in [0.3, 0.4) is 0 Å². The number of nitrogens with two attached hydrogens (primary N) is 1. The molecule has 13 heteroatoms. The van der Waals surface area contributed by atoms with E-state index in [4.69, 9.17) is 26.8 Å². The summed E-state index contributed by atoms with van der Waals surface area (Å²) in [4.78, 5) is 49.2. The van der Waals surface area contributed by atoms with Crippen LogP contribution in [0.5, 0.6) is 11.6 Å². The van der Waals surface area contributed by atoms with Crippen molar-refractivity contribution in [3.05, 3.63) is 118 Å². The Hall–Kier alpha value is -4.36. The monoisotopic (exact) mass is 708 g/mol. The predicted octanol–water partition coefficient (Wildman–Crippen LogP) is 4.56. The number of likely N-dealkylation sites (N-methyl/N-ethyl adjacent to an activating group) is 1. The largest absolute Gasteiger partial charge is 0.438 e. The van der Waals surface area contributed by atoms with Gasteiger partial charge in [-0.2, -0.15) is 0 Å². The van der Waals surface area contributed by atoms with Crippen LogP contribution in [0, 0.1) is 0 Å². The number of rotatable bonds is 10. The Kier molecular flexibility index (Phi) is 13.0. The molecule has 3 amide bonds. The fourth-order valence-corrected chi connectivity index (χ4v) is 4.78. The summed E-state index contributed by atoms with van der Waals surface area (Å²) >= 11 is 9.34. The molecule has 1 atom stereocenters. The van der Waals surface area contributed by atoms with Crippen LogP contribution in [0.15, 0.2) is 95.9 Å². The first-order chi connectivity index (χ1) is 22.2. The Morgan fingerprint density at radius 2 is 1.72 bits per heavy atom. The van der Waals surface area contributed by atoms with E-state index < -0.39 is 17.9 Å². The van der Waals surface area contributed by atoms with Gasteiger partial charge in [0.1, 0.15) is 17.4 Å². The molecule has 1 aliphatic rings. The lowest BCUT2D eigenvalue weighted by molar-refractivity contribution is -0.136. The Labute approximate surface area is 280 Å². The minimum absolute atomic E-state index is 0.0284. The highest BCUT2D eigenvalue weighted by Gasteiger charge is 2.30. The number of nitrogens with one attached hydrogen (secondary N) is 1. The maximum absolute atomic E-state index is 13.4. The van der Waals surface area contributed by atoms with E-state index in [1.807, 2.05) is 37.4 Å². The van der Waals surface area contributed by atoms with E-state index in [1.165, 1.54) is 12.4 Å². The van der Waals surface area contributed by atoms with Gasteiger partial charge in [0.15, 0.2) is 0 Å². The van der Waals surface area contributed by atoms with Crippen molar-refractivity contribution in [2.75, 3.05) is 39.8 Å². The minimum Gasteiger partial charge on any atom is -0.438 e. The molecule has 4 aromatic rings. The van der Waals surface area contributed by atoms with Crippen LogP contribution in [0.2, 0.25) is 5.02 Å². The number of piperazine rings is 1. The van der Waals surface area contributed by atoms with Crippen molar-refractivity contribution < 1.29 is 23.9 Å². The first kappa shape index (κ1) is 34.5. The van der Waals surface area contributed by atoms with E-state index in [0.717, 1.165) is 18.7 Å². The second-order valence-electron chi connectivity index (χ2n) is 10.3. The number of carbonyl (C=O) groups is 3. The third kappa shape index (κ3) is 10.6. The van der Waals surface area contributed by atoms with Gasteiger partial charge in [0, 0.05) is 54.3 Å². The molecule has 0 saturated carbocycles. The molecule has 0 radical (unpaired) electrons. The summed E-state index contributed by atoms with van der Waals surface area (Å²) < 4.78 is 12.3. The summed E-state index contributed by atoms with van der Waals surface area (Å²) in [6.45, 7) is 3.07. The third-order valence-corrected chi connectivity index (χ3v) is 7.54. The molecular weight excluding hydrogens is 676 g/mol. The number of halogens is 2. The van der Waals surface area contributed by atoms with Gasteiger partial charge in [0.05, 0.1) is 18.8 Å². The zero-order valence-electron chi connectivity index (χ0n) is 25.1. The average molecular weight is 710 g/mol. The number of amides is 3. The number of ether oxygens (including phenoxy) is 2. The highest BCUT2D eigenvalue weighted by Crippen LogP contribution is 2.27. The quantitative estimate of drug-likeness (QED) is 0.244. The molecule has 11 nitrogen and oxygen atoms in total. The van der Waals surface area contributed by atoms with Crippen LogP contribution in [-0.2, 0) is 16.1 Å². The lowest BCUT2D eigenvalue weighted by atomic mass is 10.2. The van der Waals surface area contributed by atoms with Crippen molar-refractivity contribution in [2.24, 2.45) is 5.73 Å². The van der Waals surface area contributed by atoms with Gasteiger partial charge in [0.25, 0.3) is 5.91 Å². The molecule has 1 fully saturated rings. The predicted molar refractivity (Wildman–Crippen MR) is 178 cm³/mol. The fourth-order valence-electron chi connectivity index (χ4n) is 4.32. The number of hydrogen-bond donors (Lipinski definition) is 2. The number of benzene rings is 2. The normalized spacial score (nSPS) is 13.6. The zero-order valence-corrected chi connectivity index (χ0v) is 27.5. The minimum atomic E-state index is -0.873. The first-order valence-electron chi connectivity index (χ1n) is 14.4. The molecule has 240 valence electrons. The number of pyridine rings is 2. The van der Waals surface area contributed by atoms with Gasteiger partial charge >= 0.3 is 0 Å². The smallest absolute Gasteiger partial charge is 0.257 e. The summed E-state index contributed by atoms with van der Waals surface area (Å²) in [5.74, 6) is -0.530. The van der Waals surface area contributed by atoms with Gasteiger partial charge in [-0.15, -0.1) is 0 Å². The van der Waals surface area contributed by atoms with Crippen molar-refractivity contribution >= 4 is 45.3 Å². The summed E-state index contributed by atoms with van der Waals surface area (Å²) in [5.41, 5.74) is 6.54. The molecule has 0 unspecified atom stereocenters. The highest BCUT2D eigenvalue weighted by atomic mass is 79.9. The van der Waals surface area contributed by atoms with Crippen LogP contribution >= 0.6 is 27.5 Å². The number of carbonyl (C=O) groups excluding carboxylic acids is 3. The van der Waals surface area contributed by atoms with Crippen LogP contribution < -0.4 is 15.8 Å². The molecule has 0 aliphatic carbocycles. The number of primary amides is 1. The van der Waals surface area contributed by atoms with Crippen LogP contribution in [-0.4, -0.2) is 83.4 Å². The first-order valence-corrected chi connectivity index (χ1v) is 15.6. The topological polar surface area (TPSA) is 140 Å². The van der Waals surface area contributed by atoms with Crippen molar-refractivity contribution in [3.8, 4) is 11.6 Å². The molecule has 46 heavy (non-hydrogen) atoms. The molecule has 0 bridgehead atoms. The van der Waals surface area contributed by atoms with E-state index in [2.05, 4.69) is 36.1 Å². The van der Waals surface area contributed by atoms with Crippen LogP contribution in [0.1, 0.15) is 26.3 Å². The Balaban J connectivity index is 0.000000459. The molecule has 1 saturated heterocycles. The van der Waals surface area contributed by atoms with Crippen molar-refractivity contribution in [3.63, 3.8) is 0 Å². The molecule has 1 aliphatic heterocycles. The maximum Gasteiger partial charge on any atom is 0.257 e. The zero-order chi connectivity index (χ0) is 32.9. The van der Waals surface area contributed by atoms with Gasteiger partial charge in [-0.05, 0) is 71.0 Å². The van der Waals surface area contributed by atoms with E-state index in [1.54, 1.807) is 53.6 Å². The number of nitrogens with zero attached hydrogens (tertiary/aromatic N) is 4. The summed E-state index contributed by atoms with van der Waals surface area (Å²) in [7, 11) is 2.02. The van der Waals surface area contributed by atoms with Gasteiger partial charge in [-0.25, -0.2) is 4.98 Å². The van der Waals surface area contributed by atoms with E-state index in [0.29, 0.717) is 40.5 Å². The third-order valence-electron chi connectivity index (χ3n) is 6.85. The summed E-state index contributed by atoms with van der Waals surface area (Å²) in [5, 5.41) is 3.42. The van der Waals surface area contributed by atoms with Crippen molar-refractivity contribution in [2.45, 2.75) is 12.6 Å². The molecule has 0 spiro atoms. The number of aromatic nitrogens is 2. The molecule has 3 heterocycles. The summed E-state index contributed by atoms with van der Waals surface area (Å²) in [6, 6.07) is 20.4. The number of hydrogen-bond acceptors (Lipinski definition) is 8. The van der Waals surface area contributed by atoms with E-state index in [9.17, 15) is 14.4 Å². The molecule has 3 N–H and O–H groups in total. The standard InChI is InChI=1S/C27H28BrClN4O4.C6H6N2O/c1-32-11-13-33(14-12-32)27(35)24(18-36-17-19-5-3-2-4-6-19)31-25(34)23-15-20(28)16-30-26(23)37-22-9-7-21(29)8-10-22;7-6(9)5-2-1-3-8-4-5/h2-10,15-16,24H,11-14,17-18H2,1H3,(H,31,34);1-4H,(H2,7,9)/t24-;/m1./s1. The van der Waals surface area contributed by atoms with Crippen molar-refractivity contribution in [1.82, 2.24) is 25.1 Å². The van der Waals surface area contributed by atoms with Gasteiger partial charge in [-0.3, -0.25) is 19.4 Å². The Morgan fingerprint density at radius 1 is 1.00 bits per heavy atom. The molecule has 5 rings (SSSR count). The molecule has 2 aromatic carbocycles. The molecule has 2 aromatic heterocycles. The van der Waals surface area contributed by atoms with Crippen LogP contribution in [0.4, 0.5) is 0 Å². The highest BCUT2D eigenvalue weighted by molar-refractivity contribution is 9.10. The van der Waals surface area contributed by atoms with Gasteiger partial charge < -0.3 is 30.3 Å². The Morgan fingerprint density at radius 3 is 2.35 bits per heavy atom. The van der Waals surface area contributed by atoms with E-state index in [-0.39, 0.29) is 24.0 Å². The van der Waals surface area contributed by atoms with Crippen LogP contribution in [0.25, 0.3) is 0 Å². The van der Waals surface area contributed by atoms with Gasteiger partial charge in [0.2, 0.25) is 17.7 Å². The molecular formula is C33H34BrClN6O5. The van der Waals surface area contributed by atoms with Gasteiger partial charge in [-0.1, -0.05) is 41.9 Å². The lowest BCUT2D eigenvalue weighted by Gasteiger charge is -2.34. The Bertz CT molecular complexity index is 1590. The fraction of sp³-hybridized carbons (Fsp3) is 0.242. The maximum atomic E-state index is 13.4.